The average molecular weight is 244 g/mol. The molecule has 1 N–H and O–H groups in total. The Morgan fingerprint density at radius 1 is 1.53 bits per heavy atom. The number of rotatable bonds is 5. The zero-order valence-electron chi connectivity index (χ0n) is 9.67. The van der Waals surface area contributed by atoms with Gasteiger partial charge in [-0.2, -0.15) is 13.8 Å². The van der Waals surface area contributed by atoms with Crippen molar-refractivity contribution in [1.82, 2.24) is 4.98 Å². The average Bonchev–Trinajstić information content (AvgIpc) is 2.29. The van der Waals surface area contributed by atoms with Crippen molar-refractivity contribution >= 4 is 11.6 Å². The summed E-state index contributed by atoms with van der Waals surface area (Å²) in [7, 11) is 1.55. The van der Waals surface area contributed by atoms with Crippen LogP contribution in [-0.2, 0) is 9.53 Å². The van der Waals surface area contributed by atoms with Crippen LogP contribution in [0.15, 0.2) is 12.1 Å². The van der Waals surface area contributed by atoms with Crippen LogP contribution in [0.2, 0.25) is 0 Å². The van der Waals surface area contributed by atoms with Gasteiger partial charge in [0, 0.05) is 13.5 Å². The maximum atomic E-state index is 13.1. The number of nitrogens with one attached hydrogen (secondary N) is 1. The summed E-state index contributed by atoms with van der Waals surface area (Å²) in [6.45, 7) is 1.83. The van der Waals surface area contributed by atoms with E-state index in [0.29, 0.717) is 6.42 Å². The normalized spacial score (nSPS) is 12.2. The second kappa shape index (κ2) is 6.24. The van der Waals surface area contributed by atoms with Crippen LogP contribution in [-0.4, -0.2) is 24.1 Å². The summed E-state index contributed by atoms with van der Waals surface area (Å²) in [6, 6.07) is 2.12. The van der Waals surface area contributed by atoms with Crippen molar-refractivity contribution in [3.05, 3.63) is 24.0 Å². The quantitative estimate of drug-likeness (QED) is 0.807. The second-order valence-corrected chi connectivity index (χ2v) is 3.61. The number of pyridine rings is 1. The lowest BCUT2D eigenvalue weighted by molar-refractivity contribution is -0.116. The number of carbonyl (C=O) groups is 1. The Labute approximate surface area is 98.0 Å². The highest BCUT2D eigenvalue weighted by molar-refractivity contribution is 5.90. The molecule has 1 rings (SSSR count). The van der Waals surface area contributed by atoms with Crippen molar-refractivity contribution in [1.29, 1.82) is 0 Å². The molecule has 0 aliphatic heterocycles. The van der Waals surface area contributed by atoms with Gasteiger partial charge in [-0.05, 0) is 25.5 Å². The summed E-state index contributed by atoms with van der Waals surface area (Å²) >= 11 is 0. The number of methoxy groups -OCH3 is 1. The molecule has 6 heteroatoms. The van der Waals surface area contributed by atoms with E-state index in [9.17, 15) is 13.6 Å². The predicted molar refractivity (Wildman–Crippen MR) is 58.5 cm³/mol. The maximum Gasteiger partial charge on any atom is 0.239 e. The topological polar surface area (TPSA) is 51.2 Å². The molecule has 0 aromatic carbocycles. The van der Waals surface area contributed by atoms with Crippen LogP contribution in [0.3, 0.4) is 0 Å². The fourth-order valence-corrected chi connectivity index (χ4v) is 1.17. The molecule has 1 atom stereocenters. The first-order valence-electron chi connectivity index (χ1n) is 5.17. The number of amides is 1. The van der Waals surface area contributed by atoms with E-state index >= 15 is 0 Å². The number of aromatic nitrogens is 1. The molecule has 1 heterocycles. The minimum Gasteiger partial charge on any atom is -0.382 e. The van der Waals surface area contributed by atoms with Crippen molar-refractivity contribution in [3.8, 4) is 0 Å². The van der Waals surface area contributed by atoms with Gasteiger partial charge < -0.3 is 10.1 Å². The summed E-state index contributed by atoms with van der Waals surface area (Å²) in [5.74, 6) is -2.31. The maximum absolute atomic E-state index is 13.1. The highest BCUT2D eigenvalue weighted by atomic mass is 19.1. The lowest BCUT2D eigenvalue weighted by atomic mass is 10.2. The number of anilines is 1. The van der Waals surface area contributed by atoms with E-state index in [1.165, 1.54) is 0 Å². The number of carbonyl (C=O) groups excluding carboxylic acids is 1. The van der Waals surface area contributed by atoms with Crippen LogP contribution >= 0.6 is 0 Å². The molecule has 1 unspecified atom stereocenters. The van der Waals surface area contributed by atoms with Gasteiger partial charge in [-0.1, -0.05) is 0 Å². The minimum atomic E-state index is -1.03. The number of nitrogens with zero attached hydrogens (tertiary/aromatic N) is 1. The lowest BCUT2D eigenvalue weighted by Gasteiger charge is -2.09. The standard InChI is InChI=1S/C11H14F2N2O2/c1-7(17-2)3-6-10(16)14-8-4-5-9(12)15-11(8)13/h4-5,7H,3,6H2,1-2H3,(H,14,16). The molecule has 0 spiro atoms. The molecular formula is C11H14F2N2O2. The van der Waals surface area contributed by atoms with E-state index in [1.807, 2.05) is 6.92 Å². The summed E-state index contributed by atoms with van der Waals surface area (Å²) in [4.78, 5) is 14.4. The molecule has 4 nitrogen and oxygen atoms in total. The minimum absolute atomic E-state index is 0.0445. The molecule has 1 aromatic rings. The molecule has 0 aliphatic rings. The van der Waals surface area contributed by atoms with Crippen molar-refractivity contribution in [2.45, 2.75) is 25.9 Å². The third-order valence-corrected chi connectivity index (χ3v) is 2.27. The van der Waals surface area contributed by atoms with E-state index in [-0.39, 0.29) is 24.1 Å². The van der Waals surface area contributed by atoms with Gasteiger partial charge in [0.15, 0.2) is 0 Å². The van der Waals surface area contributed by atoms with Gasteiger partial charge in [-0.3, -0.25) is 4.79 Å². The van der Waals surface area contributed by atoms with Crippen molar-refractivity contribution < 1.29 is 18.3 Å². The molecule has 17 heavy (non-hydrogen) atoms. The molecule has 94 valence electrons. The van der Waals surface area contributed by atoms with E-state index in [1.54, 1.807) is 7.11 Å². The summed E-state index contributed by atoms with van der Waals surface area (Å²) in [6.07, 6.45) is 0.682. The molecule has 1 amide bonds. The number of hydrogen-bond donors (Lipinski definition) is 1. The lowest BCUT2D eigenvalue weighted by Crippen LogP contribution is -2.16. The van der Waals surface area contributed by atoms with Gasteiger partial charge in [0.2, 0.25) is 17.8 Å². The van der Waals surface area contributed by atoms with E-state index in [2.05, 4.69) is 10.3 Å². The first-order chi connectivity index (χ1) is 8.02. The van der Waals surface area contributed by atoms with Gasteiger partial charge in [-0.15, -0.1) is 0 Å². The Morgan fingerprint density at radius 3 is 2.82 bits per heavy atom. The molecule has 0 radical (unpaired) electrons. The van der Waals surface area contributed by atoms with Crippen LogP contribution in [0.4, 0.5) is 14.5 Å². The fourth-order valence-electron chi connectivity index (χ4n) is 1.17. The zero-order valence-corrected chi connectivity index (χ0v) is 9.67. The van der Waals surface area contributed by atoms with Crippen molar-refractivity contribution in [2.24, 2.45) is 0 Å². The Bertz CT molecular complexity index is 399. The Balaban J connectivity index is 2.50. The zero-order chi connectivity index (χ0) is 12.8. The summed E-state index contributed by atoms with van der Waals surface area (Å²) in [5.41, 5.74) is -0.124. The molecule has 1 aromatic heterocycles. The van der Waals surface area contributed by atoms with Gasteiger partial charge in [0.05, 0.1) is 11.8 Å². The van der Waals surface area contributed by atoms with Crippen LogP contribution < -0.4 is 5.32 Å². The van der Waals surface area contributed by atoms with Gasteiger partial charge >= 0.3 is 0 Å². The molecule has 0 aliphatic carbocycles. The first kappa shape index (κ1) is 13.5. The molecule has 0 saturated carbocycles. The summed E-state index contributed by atoms with van der Waals surface area (Å²) < 4.78 is 30.6. The third-order valence-electron chi connectivity index (χ3n) is 2.27. The molecular weight excluding hydrogens is 230 g/mol. The summed E-state index contributed by atoms with van der Waals surface area (Å²) in [5, 5.41) is 2.32. The Morgan fingerprint density at radius 2 is 2.24 bits per heavy atom. The predicted octanol–water partition coefficient (Wildman–Crippen LogP) is 2.11. The Hall–Kier alpha value is -1.56. The highest BCUT2D eigenvalue weighted by Gasteiger charge is 2.10. The van der Waals surface area contributed by atoms with Crippen molar-refractivity contribution in [2.75, 3.05) is 12.4 Å². The molecule has 0 saturated heterocycles. The van der Waals surface area contributed by atoms with Crippen LogP contribution in [0, 0.1) is 11.9 Å². The smallest absolute Gasteiger partial charge is 0.239 e. The van der Waals surface area contributed by atoms with Gasteiger partial charge in [-0.25, -0.2) is 0 Å². The van der Waals surface area contributed by atoms with E-state index < -0.39 is 11.9 Å². The third kappa shape index (κ3) is 4.44. The second-order valence-electron chi connectivity index (χ2n) is 3.61. The van der Waals surface area contributed by atoms with Gasteiger partial charge in [0.1, 0.15) is 0 Å². The SMILES string of the molecule is COC(C)CCC(=O)Nc1ccc(F)nc1F. The molecule has 0 fully saturated rings. The number of hydrogen-bond acceptors (Lipinski definition) is 3. The fraction of sp³-hybridized carbons (Fsp3) is 0.455. The highest BCUT2D eigenvalue weighted by Crippen LogP contribution is 2.12. The van der Waals surface area contributed by atoms with Crippen molar-refractivity contribution in [3.63, 3.8) is 0 Å². The van der Waals surface area contributed by atoms with Gasteiger partial charge in [0.25, 0.3) is 0 Å². The monoisotopic (exact) mass is 244 g/mol. The van der Waals surface area contributed by atoms with E-state index in [4.69, 9.17) is 4.74 Å². The number of halogens is 2. The van der Waals surface area contributed by atoms with Crippen LogP contribution in [0.25, 0.3) is 0 Å². The largest absolute Gasteiger partial charge is 0.382 e. The first-order valence-corrected chi connectivity index (χ1v) is 5.17. The number of ether oxygens (including phenoxy) is 1. The van der Waals surface area contributed by atoms with Crippen LogP contribution in [0.1, 0.15) is 19.8 Å². The van der Waals surface area contributed by atoms with E-state index in [0.717, 1.165) is 12.1 Å². The Kier molecular flexibility index (Phi) is 4.96. The van der Waals surface area contributed by atoms with Crippen LogP contribution in [0.5, 0.6) is 0 Å². The molecule has 0 bridgehead atoms.